The lowest BCUT2D eigenvalue weighted by Crippen LogP contribution is -2.56. The number of hydrogen-bond acceptors (Lipinski definition) is 4. The number of amides is 1. The van der Waals surface area contributed by atoms with Crippen molar-refractivity contribution >= 4 is 75.1 Å². The molecule has 0 bridgehead atoms. The zero-order valence-corrected chi connectivity index (χ0v) is 20.3. The van der Waals surface area contributed by atoms with E-state index >= 15 is 0 Å². The van der Waals surface area contributed by atoms with Gasteiger partial charge in [-0.15, -0.1) is 0 Å². The first-order valence-electron chi connectivity index (χ1n) is 9.84. The molecule has 0 heterocycles. The molecule has 6 nitrogen and oxygen atoms in total. The van der Waals surface area contributed by atoms with E-state index in [1.807, 2.05) is 60.7 Å². The molecule has 3 aromatic carbocycles. The van der Waals surface area contributed by atoms with Gasteiger partial charge in [-0.25, -0.2) is 0 Å². The van der Waals surface area contributed by atoms with Crippen LogP contribution in [0.3, 0.4) is 0 Å². The van der Waals surface area contributed by atoms with Gasteiger partial charge in [-0.05, 0) is 54.2 Å². The van der Waals surface area contributed by atoms with Gasteiger partial charge in [0.2, 0.25) is 9.70 Å². The van der Waals surface area contributed by atoms with Crippen LogP contribution >= 0.6 is 47.0 Å². The second-order valence-electron chi connectivity index (χ2n) is 6.89. The fourth-order valence-electron chi connectivity index (χ4n) is 2.71. The van der Waals surface area contributed by atoms with Crippen molar-refractivity contribution in [2.45, 2.75) is 16.4 Å². The molecule has 0 aliphatic heterocycles. The number of rotatable bonds is 7. The molecule has 33 heavy (non-hydrogen) atoms. The first-order valence-corrected chi connectivity index (χ1v) is 11.4. The quantitative estimate of drug-likeness (QED) is 0.145. The van der Waals surface area contributed by atoms with Crippen LogP contribution in [0.2, 0.25) is 0 Å². The molecular weight excluding hydrogens is 501 g/mol. The van der Waals surface area contributed by atoms with Gasteiger partial charge >= 0.3 is 0 Å². The molecule has 0 aliphatic rings. The summed E-state index contributed by atoms with van der Waals surface area (Å²) < 4.78 is -1.83. The Balaban J connectivity index is 1.56. The average Bonchev–Trinajstić information content (AvgIpc) is 2.79. The lowest BCUT2D eigenvalue weighted by atomic mass is 10.1. The van der Waals surface area contributed by atoms with E-state index in [0.29, 0.717) is 11.4 Å². The van der Waals surface area contributed by atoms with Gasteiger partial charge in [-0.3, -0.25) is 4.79 Å². The van der Waals surface area contributed by atoms with Crippen LogP contribution in [-0.2, 0) is 11.2 Å². The van der Waals surface area contributed by atoms with Crippen molar-refractivity contribution < 1.29 is 4.79 Å². The summed E-state index contributed by atoms with van der Waals surface area (Å²) in [6.07, 6.45) is -0.906. The zero-order valence-electron chi connectivity index (χ0n) is 17.2. The van der Waals surface area contributed by atoms with Crippen molar-refractivity contribution in [2.24, 2.45) is 10.2 Å². The smallest absolute Gasteiger partial charge is 0.228 e. The van der Waals surface area contributed by atoms with E-state index in [-0.39, 0.29) is 17.4 Å². The van der Waals surface area contributed by atoms with E-state index in [2.05, 4.69) is 26.2 Å². The van der Waals surface area contributed by atoms with Gasteiger partial charge in [-0.1, -0.05) is 83.3 Å². The maximum absolute atomic E-state index is 12.4. The number of anilines is 1. The van der Waals surface area contributed by atoms with Gasteiger partial charge in [0.1, 0.15) is 6.17 Å². The standard InChI is InChI=1S/C23H20Cl3N5OS/c24-23(25,26)21(28-20(32)15-16-7-3-1-4-8-16)29-22(33)27-17-11-13-19(14-12-17)31-30-18-9-5-2-6-10-18/h1-14,21H,15H2,(H,28,32)(H2,27,29,33). The number of nitrogens with zero attached hydrogens (tertiary/aromatic N) is 2. The molecule has 3 aromatic rings. The Hall–Kier alpha value is -2.71. The highest BCUT2D eigenvalue weighted by Gasteiger charge is 2.34. The number of halogens is 3. The summed E-state index contributed by atoms with van der Waals surface area (Å²) in [5.74, 6) is -0.319. The van der Waals surface area contributed by atoms with E-state index < -0.39 is 9.96 Å². The molecular formula is C23H20Cl3N5OS. The zero-order chi connectivity index (χ0) is 23.7. The summed E-state index contributed by atoms with van der Waals surface area (Å²) >= 11 is 23.4. The monoisotopic (exact) mass is 519 g/mol. The van der Waals surface area contributed by atoms with Crippen molar-refractivity contribution in [3.8, 4) is 0 Å². The van der Waals surface area contributed by atoms with Crippen molar-refractivity contribution in [3.05, 3.63) is 90.5 Å². The van der Waals surface area contributed by atoms with E-state index in [4.69, 9.17) is 47.0 Å². The fraction of sp³-hybridized carbons (Fsp3) is 0.130. The maximum atomic E-state index is 12.4. The van der Waals surface area contributed by atoms with Gasteiger partial charge in [0.15, 0.2) is 5.11 Å². The normalized spacial score (nSPS) is 12.2. The van der Waals surface area contributed by atoms with Crippen molar-refractivity contribution in [3.63, 3.8) is 0 Å². The molecule has 0 saturated carbocycles. The van der Waals surface area contributed by atoms with Crippen LogP contribution in [0.25, 0.3) is 0 Å². The van der Waals surface area contributed by atoms with Crippen LogP contribution in [0.1, 0.15) is 5.56 Å². The minimum atomic E-state index is -1.83. The molecule has 0 radical (unpaired) electrons. The number of carbonyl (C=O) groups is 1. The van der Waals surface area contributed by atoms with Crippen molar-refractivity contribution in [1.29, 1.82) is 0 Å². The van der Waals surface area contributed by atoms with E-state index in [1.54, 1.807) is 24.3 Å². The number of nitrogens with one attached hydrogen (secondary N) is 3. The van der Waals surface area contributed by atoms with Gasteiger partial charge in [0, 0.05) is 5.69 Å². The van der Waals surface area contributed by atoms with Crippen LogP contribution in [-0.4, -0.2) is 21.0 Å². The van der Waals surface area contributed by atoms with E-state index in [1.165, 1.54) is 0 Å². The Labute approximate surface area is 212 Å². The summed E-state index contributed by atoms with van der Waals surface area (Å²) in [5, 5.41) is 17.0. The van der Waals surface area contributed by atoms with Gasteiger partial charge in [0.05, 0.1) is 17.8 Å². The Morgan fingerprint density at radius 3 is 1.94 bits per heavy atom. The molecule has 170 valence electrons. The minimum absolute atomic E-state index is 0.138. The molecule has 3 N–H and O–H groups in total. The molecule has 1 amide bonds. The Kier molecular flexibility index (Phi) is 9.03. The average molecular weight is 521 g/mol. The number of alkyl halides is 3. The van der Waals surface area contributed by atoms with Crippen LogP contribution < -0.4 is 16.0 Å². The molecule has 10 heteroatoms. The summed E-state index contributed by atoms with van der Waals surface area (Å²) in [6, 6.07) is 25.8. The Morgan fingerprint density at radius 1 is 0.818 bits per heavy atom. The predicted molar refractivity (Wildman–Crippen MR) is 139 cm³/mol. The summed E-state index contributed by atoms with van der Waals surface area (Å²) in [5.41, 5.74) is 2.96. The molecule has 1 atom stereocenters. The summed E-state index contributed by atoms with van der Waals surface area (Å²) in [6.45, 7) is 0. The molecule has 3 rings (SSSR count). The van der Waals surface area contributed by atoms with Crippen LogP contribution in [0.5, 0.6) is 0 Å². The molecule has 0 spiro atoms. The van der Waals surface area contributed by atoms with Gasteiger partial charge in [0.25, 0.3) is 0 Å². The number of benzene rings is 3. The highest BCUT2D eigenvalue weighted by Crippen LogP contribution is 2.29. The van der Waals surface area contributed by atoms with Crippen molar-refractivity contribution in [1.82, 2.24) is 10.6 Å². The van der Waals surface area contributed by atoms with E-state index in [9.17, 15) is 4.79 Å². The summed E-state index contributed by atoms with van der Waals surface area (Å²) in [7, 11) is 0. The van der Waals surface area contributed by atoms with Crippen molar-refractivity contribution in [2.75, 3.05) is 5.32 Å². The third-order valence-electron chi connectivity index (χ3n) is 4.28. The van der Waals surface area contributed by atoms with E-state index in [0.717, 1.165) is 11.3 Å². The third kappa shape index (κ3) is 8.63. The second kappa shape index (κ2) is 12.0. The molecule has 0 aromatic heterocycles. The predicted octanol–water partition coefficient (Wildman–Crippen LogP) is 6.44. The summed E-state index contributed by atoms with van der Waals surface area (Å²) in [4.78, 5) is 12.4. The van der Waals surface area contributed by atoms with Crippen LogP contribution in [0.15, 0.2) is 95.2 Å². The first kappa shape index (κ1) is 24.9. The highest BCUT2D eigenvalue weighted by molar-refractivity contribution is 7.80. The molecule has 1 unspecified atom stereocenters. The van der Waals surface area contributed by atoms with Gasteiger partial charge < -0.3 is 16.0 Å². The molecule has 0 aliphatic carbocycles. The molecule has 0 saturated heterocycles. The largest absolute Gasteiger partial charge is 0.339 e. The minimum Gasteiger partial charge on any atom is -0.339 e. The number of azo groups is 1. The lowest BCUT2D eigenvalue weighted by Gasteiger charge is -2.27. The van der Waals surface area contributed by atoms with Gasteiger partial charge in [-0.2, -0.15) is 10.2 Å². The van der Waals surface area contributed by atoms with Crippen LogP contribution in [0.4, 0.5) is 17.1 Å². The maximum Gasteiger partial charge on any atom is 0.228 e. The number of thiocarbonyl (C=S) groups is 1. The number of hydrogen-bond donors (Lipinski definition) is 3. The van der Waals surface area contributed by atoms with Crippen LogP contribution in [0, 0.1) is 0 Å². The Morgan fingerprint density at radius 2 is 1.36 bits per heavy atom. The third-order valence-corrected chi connectivity index (χ3v) is 5.15. The topological polar surface area (TPSA) is 77.9 Å². The number of carbonyl (C=O) groups excluding carboxylic acids is 1. The fourth-order valence-corrected chi connectivity index (χ4v) is 3.28. The SMILES string of the molecule is O=C(Cc1ccccc1)NC(NC(=S)Nc1ccc(N=Nc2ccccc2)cc1)C(Cl)(Cl)Cl. The Bertz CT molecular complexity index is 1090. The second-order valence-corrected chi connectivity index (χ2v) is 9.66. The first-order chi connectivity index (χ1) is 15.8. The molecule has 0 fully saturated rings. The highest BCUT2D eigenvalue weighted by atomic mass is 35.6. The lowest BCUT2D eigenvalue weighted by molar-refractivity contribution is -0.121.